The van der Waals surface area contributed by atoms with E-state index in [9.17, 15) is 4.79 Å². The third-order valence-electron chi connectivity index (χ3n) is 1.47. The van der Waals surface area contributed by atoms with E-state index in [0.717, 1.165) is 0 Å². The number of carboxylic acid groups (broad SMARTS) is 1. The minimum absolute atomic E-state index is 0.170. The summed E-state index contributed by atoms with van der Waals surface area (Å²) in [7, 11) is 0. The van der Waals surface area contributed by atoms with Crippen molar-refractivity contribution in [3.63, 3.8) is 0 Å². The molecule has 1 heterocycles. The zero-order valence-electron chi connectivity index (χ0n) is 8.00. The van der Waals surface area contributed by atoms with Gasteiger partial charge in [0.1, 0.15) is 0 Å². The first-order valence-corrected chi connectivity index (χ1v) is 4.99. The highest BCUT2D eigenvalue weighted by atomic mass is 35.5. The molecule has 0 aliphatic heterocycles. The summed E-state index contributed by atoms with van der Waals surface area (Å²) in [6.07, 6.45) is -0.698. The summed E-state index contributed by atoms with van der Waals surface area (Å²) in [6, 6.07) is 1.49. The maximum atomic E-state index is 10.1. The van der Waals surface area contributed by atoms with Gasteiger partial charge in [-0.1, -0.05) is 35.0 Å². The molecule has 0 aliphatic carbocycles. The van der Waals surface area contributed by atoms with E-state index in [1.807, 2.05) is 0 Å². The van der Waals surface area contributed by atoms with Crippen molar-refractivity contribution in [2.75, 3.05) is 6.54 Å². The summed E-state index contributed by atoms with van der Waals surface area (Å²) in [6.45, 7) is 0.256. The lowest BCUT2D eigenvalue weighted by atomic mass is 10.3. The van der Waals surface area contributed by atoms with Gasteiger partial charge in [0.15, 0.2) is 10.3 Å². The molecule has 84 valence electrons. The molecule has 5 nitrogen and oxygen atoms in total. The van der Waals surface area contributed by atoms with E-state index in [0.29, 0.717) is 12.0 Å². The van der Waals surface area contributed by atoms with Crippen LogP contribution in [0.3, 0.4) is 0 Å². The zero-order chi connectivity index (χ0) is 12.0. The topological polar surface area (TPSA) is 75.1 Å². The predicted octanol–water partition coefficient (Wildman–Crippen LogP) is 1.79. The second-order valence-corrected chi connectivity index (χ2v) is 3.40. The molecular formula is C9H7Cl2N3O2. The molecule has 0 bridgehead atoms. The van der Waals surface area contributed by atoms with Crippen LogP contribution in [0.25, 0.3) is 0 Å². The number of hydrogen-bond acceptors (Lipinski definition) is 3. The fourth-order valence-electron chi connectivity index (χ4n) is 0.830. The van der Waals surface area contributed by atoms with Gasteiger partial charge in [-0.25, -0.2) is 4.79 Å². The Hall–Kier alpha value is -1.51. The number of aromatic nitrogens is 2. The lowest BCUT2D eigenvalue weighted by molar-refractivity contribution is 0.195. The van der Waals surface area contributed by atoms with Crippen molar-refractivity contribution in [3.05, 3.63) is 21.9 Å². The van der Waals surface area contributed by atoms with Crippen molar-refractivity contribution in [1.82, 2.24) is 15.5 Å². The van der Waals surface area contributed by atoms with Gasteiger partial charge in [-0.3, -0.25) is 0 Å². The second-order valence-electron chi connectivity index (χ2n) is 2.66. The van der Waals surface area contributed by atoms with Crippen LogP contribution in [0.15, 0.2) is 6.07 Å². The molecule has 0 unspecified atom stereocenters. The fraction of sp³-hybridized carbons (Fsp3) is 0.222. The minimum atomic E-state index is -1.08. The molecule has 1 aromatic heterocycles. The van der Waals surface area contributed by atoms with Gasteiger partial charge in [-0.05, 0) is 6.07 Å². The normalized spacial score (nSPS) is 9.12. The van der Waals surface area contributed by atoms with Crippen LogP contribution in [-0.4, -0.2) is 27.9 Å². The monoisotopic (exact) mass is 259 g/mol. The molecule has 0 aliphatic rings. The Bertz CT molecular complexity index is 454. The summed E-state index contributed by atoms with van der Waals surface area (Å²) < 4.78 is 0. The molecule has 1 aromatic rings. The van der Waals surface area contributed by atoms with E-state index in [4.69, 9.17) is 28.3 Å². The van der Waals surface area contributed by atoms with Gasteiger partial charge >= 0.3 is 6.09 Å². The van der Waals surface area contributed by atoms with Crippen LogP contribution in [0.1, 0.15) is 12.0 Å². The Morgan fingerprint density at radius 2 is 2.25 bits per heavy atom. The van der Waals surface area contributed by atoms with E-state index in [1.165, 1.54) is 6.07 Å². The Morgan fingerprint density at radius 3 is 2.94 bits per heavy atom. The zero-order valence-corrected chi connectivity index (χ0v) is 9.51. The second kappa shape index (κ2) is 6.16. The summed E-state index contributed by atoms with van der Waals surface area (Å²) in [5.41, 5.74) is 0.469. The van der Waals surface area contributed by atoms with Crippen LogP contribution in [0.5, 0.6) is 0 Å². The van der Waals surface area contributed by atoms with Crippen molar-refractivity contribution >= 4 is 29.3 Å². The van der Waals surface area contributed by atoms with Gasteiger partial charge < -0.3 is 10.4 Å². The first-order valence-electron chi connectivity index (χ1n) is 4.24. The highest BCUT2D eigenvalue weighted by Gasteiger charge is 2.00. The number of hydrogen-bond donors (Lipinski definition) is 2. The first kappa shape index (κ1) is 12.6. The smallest absolute Gasteiger partial charge is 0.404 e. The maximum Gasteiger partial charge on any atom is 0.404 e. The minimum Gasteiger partial charge on any atom is -0.465 e. The molecule has 0 fully saturated rings. The maximum absolute atomic E-state index is 10.1. The standard InChI is InChI=1S/C9H7Cl2N3O2/c10-7-5-6(8(11)14-13-7)3-1-2-4-12-9(15)16/h5,12H,2,4H2,(H,15,16). The van der Waals surface area contributed by atoms with Crippen molar-refractivity contribution in [1.29, 1.82) is 0 Å². The number of nitrogens with one attached hydrogen (secondary N) is 1. The Kier molecular flexibility index (Phi) is 4.83. The molecule has 16 heavy (non-hydrogen) atoms. The summed E-state index contributed by atoms with van der Waals surface area (Å²) in [5.74, 6) is 5.46. The molecule has 1 amide bonds. The Morgan fingerprint density at radius 1 is 1.50 bits per heavy atom. The van der Waals surface area contributed by atoms with Gasteiger partial charge in [-0.15, -0.1) is 10.2 Å². The highest BCUT2D eigenvalue weighted by molar-refractivity contribution is 6.32. The Labute approximate surface area is 102 Å². The molecule has 0 saturated carbocycles. The molecule has 0 spiro atoms. The number of rotatable bonds is 2. The van der Waals surface area contributed by atoms with Crippen LogP contribution in [-0.2, 0) is 0 Å². The SMILES string of the molecule is O=C(O)NCCC#Cc1cc(Cl)nnc1Cl. The van der Waals surface area contributed by atoms with E-state index in [1.54, 1.807) is 0 Å². The fourth-order valence-corrected chi connectivity index (χ4v) is 1.12. The Balaban J connectivity index is 2.56. The quantitative estimate of drug-likeness (QED) is 0.628. The van der Waals surface area contributed by atoms with Gasteiger partial charge in [0.05, 0.1) is 5.56 Å². The van der Waals surface area contributed by atoms with Gasteiger partial charge in [0.25, 0.3) is 0 Å². The van der Waals surface area contributed by atoms with E-state index < -0.39 is 6.09 Å². The molecule has 0 aromatic carbocycles. The average Bonchev–Trinajstić information content (AvgIpc) is 2.22. The largest absolute Gasteiger partial charge is 0.465 e. The first-order chi connectivity index (χ1) is 7.59. The van der Waals surface area contributed by atoms with Gasteiger partial charge in [0, 0.05) is 13.0 Å². The van der Waals surface area contributed by atoms with Gasteiger partial charge in [0.2, 0.25) is 0 Å². The molecule has 2 N–H and O–H groups in total. The van der Waals surface area contributed by atoms with Crippen LogP contribution < -0.4 is 5.32 Å². The predicted molar refractivity (Wildman–Crippen MR) is 59.6 cm³/mol. The molecule has 1 rings (SSSR count). The summed E-state index contributed by atoms with van der Waals surface area (Å²) in [5, 5.41) is 18.0. The van der Waals surface area contributed by atoms with E-state index >= 15 is 0 Å². The molecule has 0 radical (unpaired) electrons. The highest BCUT2D eigenvalue weighted by Crippen LogP contribution is 2.13. The van der Waals surface area contributed by atoms with Crippen molar-refractivity contribution in [2.24, 2.45) is 0 Å². The van der Waals surface area contributed by atoms with Crippen molar-refractivity contribution in [3.8, 4) is 11.8 Å². The van der Waals surface area contributed by atoms with E-state index in [2.05, 4.69) is 27.4 Å². The van der Waals surface area contributed by atoms with E-state index in [-0.39, 0.29) is 16.9 Å². The lowest BCUT2D eigenvalue weighted by Crippen LogP contribution is -2.21. The average molecular weight is 260 g/mol. The number of halogens is 2. The van der Waals surface area contributed by atoms with Crippen LogP contribution in [0.4, 0.5) is 4.79 Å². The van der Waals surface area contributed by atoms with Crippen LogP contribution >= 0.6 is 23.2 Å². The van der Waals surface area contributed by atoms with Crippen molar-refractivity contribution in [2.45, 2.75) is 6.42 Å². The summed E-state index contributed by atoms with van der Waals surface area (Å²) >= 11 is 11.3. The third kappa shape index (κ3) is 4.34. The molecule has 0 atom stereocenters. The third-order valence-corrected chi connectivity index (χ3v) is 1.93. The van der Waals surface area contributed by atoms with Crippen LogP contribution in [0.2, 0.25) is 10.3 Å². The number of amides is 1. The molecule has 0 saturated heterocycles. The van der Waals surface area contributed by atoms with Crippen LogP contribution in [0, 0.1) is 11.8 Å². The molecular weight excluding hydrogens is 253 g/mol. The summed E-state index contributed by atoms with van der Waals surface area (Å²) in [4.78, 5) is 10.1. The van der Waals surface area contributed by atoms with Gasteiger partial charge in [-0.2, -0.15) is 0 Å². The lowest BCUT2D eigenvalue weighted by Gasteiger charge is -1.94. The number of nitrogens with zero attached hydrogens (tertiary/aromatic N) is 2. The molecule has 7 heteroatoms. The number of carbonyl (C=O) groups is 1. The van der Waals surface area contributed by atoms with Crippen molar-refractivity contribution < 1.29 is 9.90 Å².